The summed E-state index contributed by atoms with van der Waals surface area (Å²) >= 11 is 0. The first-order chi connectivity index (χ1) is 9.87. The summed E-state index contributed by atoms with van der Waals surface area (Å²) in [5, 5.41) is 4.02. The molecule has 0 saturated heterocycles. The van der Waals surface area contributed by atoms with Gasteiger partial charge in [0.1, 0.15) is 4.90 Å². The van der Waals surface area contributed by atoms with E-state index in [4.69, 9.17) is 4.74 Å². The van der Waals surface area contributed by atoms with Crippen molar-refractivity contribution in [3.05, 3.63) is 30.0 Å². The third-order valence-electron chi connectivity index (χ3n) is 3.56. The zero-order valence-electron chi connectivity index (χ0n) is 11.7. The van der Waals surface area contributed by atoms with Gasteiger partial charge in [-0.1, -0.05) is 0 Å². The number of ether oxygens (including phenoxy) is 1. The van der Waals surface area contributed by atoms with Gasteiger partial charge >= 0.3 is 5.97 Å². The van der Waals surface area contributed by atoms with Crippen LogP contribution in [-0.2, 0) is 21.8 Å². The maximum absolute atomic E-state index is 12.4. The normalized spacial score (nSPS) is 15.3. The van der Waals surface area contributed by atoms with Crippen LogP contribution in [0.3, 0.4) is 0 Å². The Labute approximate surface area is 121 Å². The van der Waals surface area contributed by atoms with E-state index in [1.54, 1.807) is 19.2 Å². The van der Waals surface area contributed by atoms with E-state index in [1.807, 2.05) is 0 Å². The third kappa shape index (κ3) is 1.75. The van der Waals surface area contributed by atoms with Gasteiger partial charge in [0.05, 0.1) is 30.3 Å². The highest BCUT2D eigenvalue weighted by molar-refractivity contribution is 7.93. The van der Waals surface area contributed by atoms with Crippen molar-refractivity contribution in [1.29, 1.82) is 0 Å². The van der Waals surface area contributed by atoms with Crippen molar-refractivity contribution < 1.29 is 17.9 Å². The molecule has 0 amide bonds. The van der Waals surface area contributed by atoms with Gasteiger partial charge in [-0.25, -0.2) is 13.2 Å². The summed E-state index contributed by atoms with van der Waals surface area (Å²) in [6, 6.07) is 4.75. The van der Waals surface area contributed by atoms with Crippen molar-refractivity contribution in [2.24, 2.45) is 7.05 Å². The Kier molecular flexibility index (Phi) is 2.80. The lowest BCUT2D eigenvalue weighted by molar-refractivity contribution is 0.0601. The maximum Gasteiger partial charge on any atom is 0.337 e. The minimum absolute atomic E-state index is 0.127. The van der Waals surface area contributed by atoms with Gasteiger partial charge in [-0.15, -0.1) is 0 Å². The summed E-state index contributed by atoms with van der Waals surface area (Å²) in [5.41, 5.74) is 1.95. The van der Waals surface area contributed by atoms with Gasteiger partial charge in [-0.05, 0) is 18.2 Å². The largest absolute Gasteiger partial charge is 0.465 e. The predicted octanol–water partition coefficient (Wildman–Crippen LogP) is 1.01. The van der Waals surface area contributed by atoms with E-state index in [9.17, 15) is 13.2 Å². The second kappa shape index (κ2) is 4.32. The number of fused-ring (bicyclic) bond motifs is 3. The fourth-order valence-electron chi connectivity index (χ4n) is 2.44. The molecule has 1 aliphatic rings. The Morgan fingerprint density at radius 1 is 1.29 bits per heavy atom. The molecule has 1 aliphatic heterocycles. The molecule has 110 valence electrons. The van der Waals surface area contributed by atoms with Crippen LogP contribution in [0.2, 0.25) is 0 Å². The number of sulfonamides is 1. The summed E-state index contributed by atoms with van der Waals surface area (Å²) in [5.74, 6) is -0.474. The van der Waals surface area contributed by atoms with Crippen molar-refractivity contribution in [1.82, 2.24) is 9.78 Å². The number of rotatable bonds is 1. The topological polar surface area (TPSA) is 81.5 Å². The molecule has 3 rings (SSSR count). The first-order valence-electron chi connectivity index (χ1n) is 6.11. The molecule has 0 saturated carbocycles. The Hall–Kier alpha value is -2.35. The lowest BCUT2D eigenvalue weighted by atomic mass is 10.1. The fourth-order valence-corrected chi connectivity index (χ4v) is 3.82. The number of nitrogens with zero attached hydrogens (tertiary/aromatic N) is 3. The lowest BCUT2D eigenvalue weighted by Gasteiger charge is -2.27. The van der Waals surface area contributed by atoms with Crippen LogP contribution < -0.4 is 4.31 Å². The van der Waals surface area contributed by atoms with E-state index in [1.165, 1.54) is 35.4 Å². The van der Waals surface area contributed by atoms with Gasteiger partial charge in [0.25, 0.3) is 10.0 Å². The van der Waals surface area contributed by atoms with Crippen LogP contribution in [0.15, 0.2) is 29.3 Å². The number of anilines is 1. The molecular formula is C13H13N3O4S. The van der Waals surface area contributed by atoms with Crippen LogP contribution in [0.1, 0.15) is 10.4 Å². The zero-order chi connectivity index (χ0) is 15.4. The smallest absolute Gasteiger partial charge is 0.337 e. The standard InChI is InChI=1S/C13H13N3O4S/c1-15-12-9-6-8(13(17)20-3)4-5-10(9)16(2)21(18,19)11(12)7-14-15/h4-7H,1-3H3. The van der Waals surface area contributed by atoms with E-state index >= 15 is 0 Å². The van der Waals surface area contributed by atoms with E-state index in [2.05, 4.69) is 5.10 Å². The van der Waals surface area contributed by atoms with Crippen LogP contribution >= 0.6 is 0 Å². The average Bonchev–Trinajstić information content (AvgIpc) is 2.86. The van der Waals surface area contributed by atoms with Gasteiger partial charge in [0, 0.05) is 19.7 Å². The lowest BCUT2D eigenvalue weighted by Crippen LogP contribution is -2.30. The van der Waals surface area contributed by atoms with Crippen molar-refractivity contribution in [3.63, 3.8) is 0 Å². The number of hydrogen-bond donors (Lipinski definition) is 0. The minimum Gasteiger partial charge on any atom is -0.465 e. The molecule has 0 fully saturated rings. The van der Waals surface area contributed by atoms with Crippen LogP contribution in [0.4, 0.5) is 5.69 Å². The minimum atomic E-state index is -3.62. The highest BCUT2D eigenvalue weighted by Gasteiger charge is 2.35. The molecule has 2 heterocycles. The number of benzene rings is 1. The molecule has 7 nitrogen and oxygen atoms in total. The van der Waals surface area contributed by atoms with Gasteiger partial charge in [0.2, 0.25) is 0 Å². The molecule has 0 spiro atoms. The number of esters is 1. The van der Waals surface area contributed by atoms with E-state index < -0.39 is 16.0 Å². The van der Waals surface area contributed by atoms with Gasteiger partial charge in [0.15, 0.2) is 0 Å². The fraction of sp³-hybridized carbons (Fsp3) is 0.231. The monoisotopic (exact) mass is 307 g/mol. The molecular weight excluding hydrogens is 294 g/mol. The van der Waals surface area contributed by atoms with Crippen LogP contribution in [0.5, 0.6) is 0 Å². The Balaban J connectivity index is 2.34. The molecule has 0 atom stereocenters. The van der Waals surface area contributed by atoms with Gasteiger partial charge < -0.3 is 4.74 Å². The Bertz CT molecular complexity index is 854. The SMILES string of the molecule is COC(=O)c1ccc2c(c1)-c1c(cnn1C)S(=O)(=O)N2C. The molecule has 0 unspecified atom stereocenters. The maximum atomic E-state index is 12.4. The van der Waals surface area contributed by atoms with Crippen LogP contribution in [0.25, 0.3) is 11.3 Å². The molecule has 0 bridgehead atoms. The summed E-state index contributed by atoms with van der Waals surface area (Å²) in [4.78, 5) is 11.8. The molecule has 1 aromatic heterocycles. The van der Waals surface area contributed by atoms with Crippen LogP contribution in [0, 0.1) is 0 Å². The summed E-state index contributed by atoms with van der Waals surface area (Å²) in [6.45, 7) is 0. The number of hydrogen-bond acceptors (Lipinski definition) is 5. The first-order valence-corrected chi connectivity index (χ1v) is 7.55. The van der Waals surface area contributed by atoms with E-state index in [-0.39, 0.29) is 4.90 Å². The second-order valence-electron chi connectivity index (χ2n) is 4.68. The number of aryl methyl sites for hydroxylation is 1. The predicted molar refractivity (Wildman–Crippen MR) is 75.6 cm³/mol. The summed E-state index contributed by atoms with van der Waals surface area (Å²) in [7, 11) is 0.816. The van der Waals surface area contributed by atoms with Crippen molar-refractivity contribution in [3.8, 4) is 11.3 Å². The van der Waals surface area contributed by atoms with Crippen molar-refractivity contribution in [2.75, 3.05) is 18.5 Å². The van der Waals surface area contributed by atoms with E-state index in [0.29, 0.717) is 22.5 Å². The van der Waals surface area contributed by atoms with Gasteiger partial charge in [-0.3, -0.25) is 8.99 Å². The Morgan fingerprint density at radius 2 is 2.00 bits per heavy atom. The number of carbonyl (C=O) groups is 1. The van der Waals surface area contributed by atoms with Gasteiger partial charge in [-0.2, -0.15) is 5.10 Å². The number of carbonyl (C=O) groups excluding carboxylic acids is 1. The molecule has 1 aromatic carbocycles. The molecule has 21 heavy (non-hydrogen) atoms. The summed E-state index contributed by atoms with van der Waals surface area (Å²) in [6.07, 6.45) is 1.31. The molecule has 8 heteroatoms. The quantitative estimate of drug-likeness (QED) is 0.735. The van der Waals surface area contributed by atoms with Crippen molar-refractivity contribution >= 4 is 21.7 Å². The average molecular weight is 307 g/mol. The molecule has 0 N–H and O–H groups in total. The number of aromatic nitrogens is 2. The first kappa shape index (κ1) is 13.6. The highest BCUT2D eigenvalue weighted by atomic mass is 32.2. The molecule has 0 aliphatic carbocycles. The highest BCUT2D eigenvalue weighted by Crippen LogP contribution is 2.42. The van der Waals surface area contributed by atoms with Crippen molar-refractivity contribution in [2.45, 2.75) is 4.90 Å². The van der Waals surface area contributed by atoms with E-state index in [0.717, 1.165) is 0 Å². The third-order valence-corrected chi connectivity index (χ3v) is 5.33. The van der Waals surface area contributed by atoms with Crippen LogP contribution in [-0.4, -0.2) is 38.3 Å². The summed E-state index contributed by atoms with van der Waals surface area (Å²) < 4.78 is 32.2. The molecule has 2 aromatic rings. The molecule has 0 radical (unpaired) electrons. The number of methoxy groups -OCH3 is 1. The second-order valence-corrected chi connectivity index (χ2v) is 6.61. The Morgan fingerprint density at radius 3 is 2.67 bits per heavy atom. The zero-order valence-corrected chi connectivity index (χ0v) is 12.5.